The van der Waals surface area contributed by atoms with E-state index in [2.05, 4.69) is 10.2 Å². The Balaban J connectivity index is 1.74. The van der Waals surface area contributed by atoms with E-state index in [0.29, 0.717) is 6.54 Å². The SMILES string of the molecule is O=C(O)[C@@H]1C[C@H](O)CN1C(=O)NCCN1CCCCC1. The van der Waals surface area contributed by atoms with Gasteiger partial charge in [0.2, 0.25) is 0 Å². The average Bonchev–Trinajstić information content (AvgIpc) is 2.82. The minimum atomic E-state index is -1.06. The van der Waals surface area contributed by atoms with Gasteiger partial charge in [0.15, 0.2) is 0 Å². The molecule has 0 radical (unpaired) electrons. The highest BCUT2D eigenvalue weighted by molar-refractivity contribution is 5.83. The number of piperidine rings is 1. The number of nitrogens with one attached hydrogen (secondary N) is 1. The van der Waals surface area contributed by atoms with E-state index in [1.54, 1.807) is 0 Å². The van der Waals surface area contributed by atoms with Crippen LogP contribution in [-0.2, 0) is 4.79 Å². The van der Waals surface area contributed by atoms with Gasteiger partial charge in [-0.2, -0.15) is 0 Å². The van der Waals surface area contributed by atoms with E-state index in [4.69, 9.17) is 5.11 Å². The summed E-state index contributed by atoms with van der Waals surface area (Å²) in [6, 6.07) is -1.31. The minimum Gasteiger partial charge on any atom is -0.480 e. The summed E-state index contributed by atoms with van der Waals surface area (Å²) in [5.41, 5.74) is 0. The van der Waals surface area contributed by atoms with Crippen molar-refractivity contribution in [2.45, 2.75) is 37.8 Å². The van der Waals surface area contributed by atoms with Crippen molar-refractivity contribution in [1.29, 1.82) is 0 Å². The van der Waals surface area contributed by atoms with Crippen LogP contribution in [0.25, 0.3) is 0 Å². The van der Waals surface area contributed by atoms with Gasteiger partial charge in [0.25, 0.3) is 0 Å². The third kappa shape index (κ3) is 3.83. The second kappa shape index (κ2) is 6.90. The highest BCUT2D eigenvalue weighted by atomic mass is 16.4. The van der Waals surface area contributed by atoms with Gasteiger partial charge in [-0.25, -0.2) is 9.59 Å². The molecular weight excluding hydrogens is 262 g/mol. The van der Waals surface area contributed by atoms with Crippen molar-refractivity contribution < 1.29 is 19.8 Å². The molecule has 2 amide bonds. The molecule has 0 bridgehead atoms. The minimum absolute atomic E-state index is 0.0898. The molecule has 7 heteroatoms. The van der Waals surface area contributed by atoms with Crippen molar-refractivity contribution in [3.8, 4) is 0 Å². The molecule has 0 aliphatic carbocycles. The summed E-state index contributed by atoms with van der Waals surface area (Å²) in [5, 5.41) is 21.3. The Kier molecular flexibility index (Phi) is 5.19. The monoisotopic (exact) mass is 285 g/mol. The molecule has 2 saturated heterocycles. The number of carbonyl (C=O) groups excluding carboxylic acids is 1. The lowest BCUT2D eigenvalue weighted by Crippen LogP contribution is -2.48. The molecule has 20 heavy (non-hydrogen) atoms. The van der Waals surface area contributed by atoms with Crippen LogP contribution in [0.15, 0.2) is 0 Å². The number of rotatable bonds is 4. The second-order valence-electron chi connectivity index (χ2n) is 5.53. The summed E-state index contributed by atoms with van der Waals surface area (Å²) >= 11 is 0. The van der Waals surface area contributed by atoms with E-state index in [0.717, 1.165) is 19.6 Å². The lowest BCUT2D eigenvalue weighted by atomic mass is 10.1. The van der Waals surface area contributed by atoms with Gasteiger partial charge >= 0.3 is 12.0 Å². The maximum absolute atomic E-state index is 12.0. The van der Waals surface area contributed by atoms with Crippen LogP contribution in [0.1, 0.15) is 25.7 Å². The molecule has 2 fully saturated rings. The fourth-order valence-corrected chi connectivity index (χ4v) is 2.88. The molecule has 0 saturated carbocycles. The van der Waals surface area contributed by atoms with Crippen molar-refractivity contribution >= 4 is 12.0 Å². The summed E-state index contributed by atoms with van der Waals surface area (Å²) in [6.07, 6.45) is 3.04. The van der Waals surface area contributed by atoms with Crippen molar-refractivity contribution in [1.82, 2.24) is 15.1 Å². The van der Waals surface area contributed by atoms with E-state index in [-0.39, 0.29) is 13.0 Å². The van der Waals surface area contributed by atoms with Crippen molar-refractivity contribution in [3.05, 3.63) is 0 Å². The molecule has 0 spiro atoms. The number of aliphatic hydroxyl groups is 1. The quantitative estimate of drug-likeness (QED) is 0.659. The molecule has 0 unspecified atom stereocenters. The molecule has 0 aromatic carbocycles. The van der Waals surface area contributed by atoms with Crippen LogP contribution >= 0.6 is 0 Å². The van der Waals surface area contributed by atoms with E-state index in [9.17, 15) is 14.7 Å². The first kappa shape index (κ1) is 15.1. The van der Waals surface area contributed by atoms with Crippen LogP contribution in [0.5, 0.6) is 0 Å². The molecule has 2 rings (SSSR count). The number of urea groups is 1. The summed E-state index contributed by atoms with van der Waals surface area (Å²) in [7, 11) is 0. The van der Waals surface area contributed by atoms with Gasteiger partial charge < -0.3 is 25.3 Å². The molecule has 0 aromatic heterocycles. The Labute approximate surface area is 118 Å². The Morgan fingerprint density at radius 3 is 2.55 bits per heavy atom. The van der Waals surface area contributed by atoms with Crippen molar-refractivity contribution in [2.75, 3.05) is 32.7 Å². The first-order valence-electron chi connectivity index (χ1n) is 7.25. The zero-order chi connectivity index (χ0) is 14.5. The number of carbonyl (C=O) groups is 2. The van der Waals surface area contributed by atoms with E-state index in [1.807, 2.05) is 0 Å². The molecular formula is C13H23N3O4. The van der Waals surface area contributed by atoms with Gasteiger partial charge in [0.1, 0.15) is 6.04 Å². The first-order chi connectivity index (χ1) is 9.58. The maximum Gasteiger partial charge on any atom is 0.326 e. The molecule has 7 nitrogen and oxygen atoms in total. The third-order valence-electron chi connectivity index (χ3n) is 3.98. The number of nitrogens with zero attached hydrogens (tertiary/aromatic N) is 2. The van der Waals surface area contributed by atoms with Crippen molar-refractivity contribution in [3.63, 3.8) is 0 Å². The smallest absolute Gasteiger partial charge is 0.326 e. The molecule has 2 aliphatic rings. The number of carboxylic acid groups (broad SMARTS) is 1. The average molecular weight is 285 g/mol. The molecule has 0 aromatic rings. The maximum atomic E-state index is 12.0. The lowest BCUT2D eigenvalue weighted by molar-refractivity contribution is -0.141. The topological polar surface area (TPSA) is 93.1 Å². The zero-order valence-corrected chi connectivity index (χ0v) is 11.6. The van der Waals surface area contributed by atoms with Crippen LogP contribution in [0, 0.1) is 0 Å². The first-order valence-corrected chi connectivity index (χ1v) is 7.25. The zero-order valence-electron chi connectivity index (χ0n) is 11.6. The Hall–Kier alpha value is -1.34. The van der Waals surface area contributed by atoms with Crippen LogP contribution in [0.3, 0.4) is 0 Å². The molecule has 3 N–H and O–H groups in total. The van der Waals surface area contributed by atoms with Crippen molar-refractivity contribution in [2.24, 2.45) is 0 Å². The van der Waals surface area contributed by atoms with Gasteiger partial charge in [-0.05, 0) is 25.9 Å². The number of amides is 2. The number of β-amino-alcohol motifs (C(OH)–C–C–N with tert-alkyl or cyclic N) is 1. The molecule has 114 valence electrons. The Morgan fingerprint density at radius 1 is 1.20 bits per heavy atom. The third-order valence-corrected chi connectivity index (χ3v) is 3.98. The van der Waals surface area contributed by atoms with Crippen LogP contribution < -0.4 is 5.32 Å². The van der Waals surface area contributed by atoms with E-state index < -0.39 is 24.1 Å². The lowest BCUT2D eigenvalue weighted by Gasteiger charge is -2.27. The van der Waals surface area contributed by atoms with Crippen LogP contribution in [0.2, 0.25) is 0 Å². The summed E-state index contributed by atoms with van der Waals surface area (Å²) in [4.78, 5) is 26.5. The second-order valence-corrected chi connectivity index (χ2v) is 5.53. The predicted molar refractivity (Wildman–Crippen MR) is 72.4 cm³/mol. The van der Waals surface area contributed by atoms with Gasteiger partial charge in [-0.3, -0.25) is 0 Å². The van der Waals surface area contributed by atoms with Crippen LogP contribution in [-0.4, -0.2) is 76.9 Å². The Bertz CT molecular complexity index is 358. The van der Waals surface area contributed by atoms with Crippen LogP contribution in [0.4, 0.5) is 4.79 Å². The summed E-state index contributed by atoms with van der Waals surface area (Å²) in [5.74, 6) is -1.06. The molecule has 2 atom stereocenters. The number of likely N-dealkylation sites (tertiary alicyclic amines) is 2. The summed E-state index contributed by atoms with van der Waals surface area (Å²) < 4.78 is 0. The number of aliphatic carboxylic acids is 1. The van der Waals surface area contributed by atoms with Gasteiger partial charge in [-0.15, -0.1) is 0 Å². The predicted octanol–water partition coefficient (Wildman–Crippen LogP) is -0.298. The fourth-order valence-electron chi connectivity index (χ4n) is 2.88. The molecule has 2 heterocycles. The summed E-state index contributed by atoms with van der Waals surface area (Å²) in [6.45, 7) is 3.52. The van der Waals surface area contributed by atoms with E-state index in [1.165, 1.54) is 24.2 Å². The molecule has 2 aliphatic heterocycles. The van der Waals surface area contributed by atoms with Gasteiger partial charge in [0, 0.05) is 26.1 Å². The highest BCUT2D eigenvalue weighted by Gasteiger charge is 2.38. The van der Waals surface area contributed by atoms with Gasteiger partial charge in [-0.1, -0.05) is 6.42 Å². The fraction of sp³-hybridized carbons (Fsp3) is 0.846. The number of carboxylic acids is 1. The largest absolute Gasteiger partial charge is 0.480 e. The number of hydrogen-bond donors (Lipinski definition) is 3. The number of aliphatic hydroxyl groups excluding tert-OH is 1. The Morgan fingerprint density at radius 2 is 1.90 bits per heavy atom. The van der Waals surface area contributed by atoms with Gasteiger partial charge in [0.05, 0.1) is 6.10 Å². The van der Waals surface area contributed by atoms with E-state index >= 15 is 0 Å². The number of hydrogen-bond acceptors (Lipinski definition) is 4. The standard InChI is InChI=1S/C13H23N3O4/c17-10-8-11(12(18)19)16(9-10)13(20)14-4-7-15-5-2-1-3-6-15/h10-11,17H,1-9H2,(H,14,20)(H,18,19)/t10-,11-/m0/s1. The normalized spacial score (nSPS) is 27.6. The highest BCUT2D eigenvalue weighted by Crippen LogP contribution is 2.18.